The molecule has 0 aliphatic heterocycles. The lowest BCUT2D eigenvalue weighted by Crippen LogP contribution is -2.30. The Bertz CT molecular complexity index is 481. The Hall–Kier alpha value is -1.22. The van der Waals surface area contributed by atoms with Gasteiger partial charge in [0, 0.05) is 33.4 Å². The number of nitrogens with zero attached hydrogens (tertiary/aromatic N) is 3. The van der Waals surface area contributed by atoms with Crippen molar-refractivity contribution < 1.29 is 18.6 Å². The highest BCUT2D eigenvalue weighted by atomic mass is 32.2. The second-order valence-corrected chi connectivity index (χ2v) is 6.23. The molecule has 0 saturated heterocycles. The Kier molecular flexibility index (Phi) is 5.67. The van der Waals surface area contributed by atoms with Gasteiger partial charge in [0.05, 0.1) is 13.2 Å². The first-order valence-corrected chi connectivity index (χ1v) is 7.22. The molecule has 0 bridgehead atoms. The molecular weight excluding hydrogens is 270 g/mol. The van der Waals surface area contributed by atoms with Gasteiger partial charge < -0.3 is 15.1 Å². The van der Waals surface area contributed by atoms with Crippen LogP contribution in [-0.4, -0.2) is 68.3 Å². The summed E-state index contributed by atoms with van der Waals surface area (Å²) in [6.07, 6.45) is 1.27. The molecule has 7 nitrogen and oxygen atoms in total. The summed E-state index contributed by atoms with van der Waals surface area (Å²) in [7, 11) is -0.587. The lowest BCUT2D eigenvalue weighted by Gasteiger charge is -2.21. The van der Waals surface area contributed by atoms with Gasteiger partial charge in [0.15, 0.2) is 0 Å². The Morgan fingerprint density at radius 2 is 1.74 bits per heavy atom. The highest BCUT2D eigenvalue weighted by molar-refractivity contribution is 7.89. The molecule has 0 unspecified atom stereocenters. The van der Waals surface area contributed by atoms with Crippen LogP contribution in [0.15, 0.2) is 23.2 Å². The van der Waals surface area contributed by atoms with Gasteiger partial charge in [0.1, 0.15) is 10.7 Å². The van der Waals surface area contributed by atoms with Crippen LogP contribution in [0.5, 0.6) is 0 Å². The van der Waals surface area contributed by atoms with Crippen molar-refractivity contribution in [3.8, 4) is 0 Å². The molecule has 0 aliphatic rings. The first-order chi connectivity index (χ1) is 8.93. The number of sulfonamides is 1. The van der Waals surface area contributed by atoms with Crippen LogP contribution in [0.25, 0.3) is 0 Å². The second-order valence-electron chi connectivity index (χ2n) is 4.07. The van der Waals surface area contributed by atoms with Crippen molar-refractivity contribution in [1.29, 1.82) is 0 Å². The standard InChI is InChI=1S/C11H19N3O4S/c1-13(2)19(17,18)10-3-4-11(12-9-10)14(5-7-15)6-8-16/h3-4,9,15-16H,5-8H2,1-2H3. The molecular formula is C11H19N3O4S. The van der Waals surface area contributed by atoms with Gasteiger partial charge in [0.2, 0.25) is 10.0 Å². The minimum absolute atomic E-state index is 0.0700. The molecule has 0 aromatic carbocycles. The normalized spacial score (nSPS) is 11.8. The van der Waals surface area contributed by atoms with Crippen LogP contribution < -0.4 is 4.90 Å². The topological polar surface area (TPSA) is 94.0 Å². The third-order valence-corrected chi connectivity index (χ3v) is 4.36. The van der Waals surface area contributed by atoms with E-state index >= 15 is 0 Å². The van der Waals surface area contributed by atoms with Gasteiger partial charge in [-0.3, -0.25) is 0 Å². The molecule has 0 aliphatic carbocycles. The fourth-order valence-corrected chi connectivity index (χ4v) is 2.35. The third-order valence-electron chi connectivity index (χ3n) is 2.56. The van der Waals surface area contributed by atoms with Crippen LogP contribution >= 0.6 is 0 Å². The number of pyridine rings is 1. The molecule has 1 heterocycles. The molecule has 2 N–H and O–H groups in total. The van der Waals surface area contributed by atoms with Gasteiger partial charge in [-0.15, -0.1) is 0 Å². The monoisotopic (exact) mass is 289 g/mol. The average Bonchev–Trinajstić information content (AvgIpc) is 2.38. The molecule has 1 aromatic heterocycles. The van der Waals surface area contributed by atoms with E-state index in [9.17, 15) is 8.42 Å². The Labute approximate surface area is 113 Å². The largest absolute Gasteiger partial charge is 0.395 e. The Morgan fingerprint density at radius 1 is 1.16 bits per heavy atom. The van der Waals surface area contributed by atoms with Crippen molar-refractivity contribution in [2.75, 3.05) is 45.3 Å². The Morgan fingerprint density at radius 3 is 2.11 bits per heavy atom. The van der Waals surface area contributed by atoms with Crippen molar-refractivity contribution in [2.45, 2.75) is 4.90 Å². The molecule has 0 radical (unpaired) electrons. The van der Waals surface area contributed by atoms with Gasteiger partial charge in [-0.05, 0) is 12.1 Å². The first kappa shape index (κ1) is 15.8. The highest BCUT2D eigenvalue weighted by Gasteiger charge is 2.18. The molecule has 108 valence electrons. The molecule has 0 atom stereocenters. The molecule has 1 aromatic rings. The van der Waals surface area contributed by atoms with E-state index in [2.05, 4.69) is 4.98 Å². The summed E-state index contributed by atoms with van der Waals surface area (Å²) in [4.78, 5) is 5.84. The van der Waals surface area contributed by atoms with E-state index in [-0.39, 0.29) is 18.1 Å². The van der Waals surface area contributed by atoms with E-state index in [0.717, 1.165) is 4.31 Å². The summed E-state index contributed by atoms with van der Waals surface area (Å²) in [5, 5.41) is 17.9. The van der Waals surface area contributed by atoms with Gasteiger partial charge in [-0.25, -0.2) is 17.7 Å². The van der Waals surface area contributed by atoms with Crippen LogP contribution in [-0.2, 0) is 10.0 Å². The number of anilines is 1. The molecule has 0 spiro atoms. The smallest absolute Gasteiger partial charge is 0.244 e. The van der Waals surface area contributed by atoms with E-state index in [1.165, 1.54) is 26.4 Å². The van der Waals surface area contributed by atoms with Crippen molar-refractivity contribution in [2.24, 2.45) is 0 Å². The minimum atomic E-state index is -3.49. The van der Waals surface area contributed by atoms with Crippen molar-refractivity contribution in [1.82, 2.24) is 9.29 Å². The number of hydrogen-bond acceptors (Lipinski definition) is 6. The maximum Gasteiger partial charge on any atom is 0.244 e. The molecule has 19 heavy (non-hydrogen) atoms. The summed E-state index contributed by atoms with van der Waals surface area (Å²) in [5.41, 5.74) is 0. The van der Waals surface area contributed by atoms with Crippen LogP contribution in [0.2, 0.25) is 0 Å². The number of rotatable bonds is 7. The molecule has 0 saturated carbocycles. The highest BCUT2D eigenvalue weighted by Crippen LogP contribution is 2.16. The van der Waals surface area contributed by atoms with Gasteiger partial charge in [-0.2, -0.15) is 0 Å². The van der Waals surface area contributed by atoms with Crippen LogP contribution in [0.3, 0.4) is 0 Å². The van der Waals surface area contributed by atoms with E-state index in [1.807, 2.05) is 0 Å². The van der Waals surface area contributed by atoms with Crippen molar-refractivity contribution >= 4 is 15.8 Å². The summed E-state index contributed by atoms with van der Waals surface area (Å²) < 4.78 is 24.8. The zero-order chi connectivity index (χ0) is 14.5. The van der Waals surface area contributed by atoms with E-state index in [1.54, 1.807) is 11.0 Å². The fourth-order valence-electron chi connectivity index (χ4n) is 1.51. The predicted octanol–water partition coefficient (Wildman–Crippen LogP) is -0.877. The van der Waals surface area contributed by atoms with E-state index in [0.29, 0.717) is 18.9 Å². The molecule has 0 fully saturated rings. The van der Waals surface area contributed by atoms with Crippen LogP contribution in [0.1, 0.15) is 0 Å². The Balaban J connectivity index is 2.98. The van der Waals surface area contributed by atoms with Crippen LogP contribution in [0, 0.1) is 0 Å². The summed E-state index contributed by atoms with van der Waals surface area (Å²) in [6, 6.07) is 3.01. The molecule has 8 heteroatoms. The molecule has 0 amide bonds. The number of aliphatic hydroxyl groups excluding tert-OH is 2. The van der Waals surface area contributed by atoms with Crippen LogP contribution in [0.4, 0.5) is 5.82 Å². The maximum atomic E-state index is 11.9. The molecule has 1 rings (SSSR count). The predicted molar refractivity (Wildman–Crippen MR) is 71.5 cm³/mol. The lowest BCUT2D eigenvalue weighted by molar-refractivity contribution is 0.280. The summed E-state index contributed by atoms with van der Waals surface area (Å²) in [5.74, 6) is 0.515. The van der Waals surface area contributed by atoms with Gasteiger partial charge in [0.25, 0.3) is 0 Å². The zero-order valence-electron chi connectivity index (χ0n) is 11.0. The quantitative estimate of drug-likeness (QED) is 0.677. The average molecular weight is 289 g/mol. The van der Waals surface area contributed by atoms with E-state index in [4.69, 9.17) is 10.2 Å². The maximum absolute atomic E-state index is 11.9. The fraction of sp³-hybridized carbons (Fsp3) is 0.545. The summed E-state index contributed by atoms with van der Waals surface area (Å²) in [6.45, 7) is 0.513. The number of aromatic nitrogens is 1. The van der Waals surface area contributed by atoms with Crippen molar-refractivity contribution in [3.63, 3.8) is 0 Å². The minimum Gasteiger partial charge on any atom is -0.395 e. The SMILES string of the molecule is CN(C)S(=O)(=O)c1ccc(N(CCO)CCO)nc1. The van der Waals surface area contributed by atoms with E-state index < -0.39 is 10.0 Å². The zero-order valence-corrected chi connectivity index (χ0v) is 11.8. The first-order valence-electron chi connectivity index (χ1n) is 5.78. The third kappa shape index (κ3) is 3.87. The van der Waals surface area contributed by atoms with Gasteiger partial charge >= 0.3 is 0 Å². The second kappa shape index (κ2) is 6.80. The lowest BCUT2D eigenvalue weighted by atomic mass is 10.4. The number of hydrogen-bond donors (Lipinski definition) is 2. The van der Waals surface area contributed by atoms with Crippen molar-refractivity contribution in [3.05, 3.63) is 18.3 Å². The summed E-state index contributed by atoms with van der Waals surface area (Å²) >= 11 is 0. The number of aliphatic hydroxyl groups is 2. The van der Waals surface area contributed by atoms with Gasteiger partial charge in [-0.1, -0.05) is 0 Å².